The average Bonchev–Trinajstić information content (AvgIpc) is 3.20. The Morgan fingerprint density at radius 1 is 0.967 bits per heavy atom. The Balaban J connectivity index is 1.56. The number of aromatic nitrogens is 4. The highest BCUT2D eigenvalue weighted by atomic mass is 16.1. The van der Waals surface area contributed by atoms with Gasteiger partial charge in [-0.3, -0.25) is 24.1 Å². The monoisotopic (exact) mass is 397 g/mol. The number of ketones is 1. The second-order valence-electron chi connectivity index (χ2n) is 7.89. The first-order chi connectivity index (χ1) is 14.6. The highest BCUT2D eigenvalue weighted by Gasteiger charge is 2.36. The van der Waals surface area contributed by atoms with Crippen LogP contribution in [-0.2, 0) is 4.79 Å². The van der Waals surface area contributed by atoms with Gasteiger partial charge in [-0.15, -0.1) is 0 Å². The van der Waals surface area contributed by atoms with Gasteiger partial charge < -0.3 is 0 Å². The maximum atomic E-state index is 12.7. The molecule has 5 heterocycles. The lowest BCUT2D eigenvalue weighted by Crippen LogP contribution is -2.37. The second kappa shape index (κ2) is 7.46. The summed E-state index contributed by atoms with van der Waals surface area (Å²) in [5.74, 6) is 0.250. The smallest absolute Gasteiger partial charge is 0.137 e. The van der Waals surface area contributed by atoms with Crippen LogP contribution in [0, 0.1) is 6.92 Å². The summed E-state index contributed by atoms with van der Waals surface area (Å²) in [7, 11) is 2.07. The minimum absolute atomic E-state index is 0.0399. The topological polar surface area (TPSA) is 63.4 Å². The molecule has 1 aliphatic heterocycles. The molecule has 4 aromatic heterocycles. The number of piperidine rings is 1. The van der Waals surface area contributed by atoms with Crippen LogP contribution in [0.2, 0.25) is 0 Å². The lowest BCUT2D eigenvalue weighted by Gasteiger charge is -2.38. The van der Waals surface area contributed by atoms with Crippen molar-refractivity contribution in [2.24, 2.45) is 0 Å². The van der Waals surface area contributed by atoms with Crippen molar-refractivity contribution < 1.29 is 4.79 Å². The summed E-state index contributed by atoms with van der Waals surface area (Å²) >= 11 is 0. The Morgan fingerprint density at radius 2 is 1.77 bits per heavy atom. The fourth-order valence-electron chi connectivity index (χ4n) is 4.42. The predicted molar refractivity (Wildman–Crippen MR) is 115 cm³/mol. The van der Waals surface area contributed by atoms with Crippen LogP contribution in [-0.4, -0.2) is 37.1 Å². The number of aryl methyl sites for hydroxylation is 1. The van der Waals surface area contributed by atoms with Crippen molar-refractivity contribution in [2.45, 2.75) is 31.8 Å². The number of pyridine rings is 3. The molecule has 5 rings (SSSR count). The molecule has 0 aliphatic carbocycles. The Kier molecular flexibility index (Phi) is 4.64. The van der Waals surface area contributed by atoms with E-state index in [2.05, 4.69) is 51.6 Å². The van der Waals surface area contributed by atoms with Crippen LogP contribution in [0.25, 0.3) is 16.9 Å². The average molecular weight is 397 g/mol. The molecule has 4 aromatic rings. The molecule has 150 valence electrons. The first kappa shape index (κ1) is 18.6. The van der Waals surface area contributed by atoms with E-state index in [1.165, 1.54) is 0 Å². The third-order valence-corrected chi connectivity index (χ3v) is 6.02. The largest absolute Gasteiger partial charge is 0.300 e. The summed E-state index contributed by atoms with van der Waals surface area (Å²) < 4.78 is 2.10. The van der Waals surface area contributed by atoms with Gasteiger partial charge in [-0.25, -0.2) is 4.98 Å². The molecule has 0 aromatic carbocycles. The molecular formula is C24H23N5O. The molecule has 0 bridgehead atoms. The first-order valence-corrected chi connectivity index (χ1v) is 10.2. The number of carbonyl (C=O) groups excluding carboxylic acids is 1. The van der Waals surface area contributed by atoms with E-state index in [-0.39, 0.29) is 17.9 Å². The quantitative estimate of drug-likeness (QED) is 0.519. The minimum atomic E-state index is -0.0807. The summed E-state index contributed by atoms with van der Waals surface area (Å²) in [6.45, 7) is 2.05. The molecule has 30 heavy (non-hydrogen) atoms. The van der Waals surface area contributed by atoms with Gasteiger partial charge in [-0.05, 0) is 49.9 Å². The fraction of sp³-hybridized carbons (Fsp3) is 0.250. The predicted octanol–water partition coefficient (Wildman–Crippen LogP) is 4.18. The number of carbonyl (C=O) groups is 1. The van der Waals surface area contributed by atoms with E-state index in [9.17, 15) is 4.79 Å². The van der Waals surface area contributed by atoms with Gasteiger partial charge in [0.1, 0.15) is 11.4 Å². The van der Waals surface area contributed by atoms with Gasteiger partial charge in [0.25, 0.3) is 0 Å². The van der Waals surface area contributed by atoms with E-state index in [0.717, 1.165) is 33.9 Å². The summed E-state index contributed by atoms with van der Waals surface area (Å²) in [5, 5.41) is 0. The second-order valence-corrected chi connectivity index (χ2v) is 7.89. The number of Topliss-reactive ketones (excluding diaryl/α,β-unsaturated/α-hetero) is 1. The zero-order valence-corrected chi connectivity index (χ0v) is 17.1. The number of rotatable bonds is 3. The molecule has 6 nitrogen and oxygen atoms in total. The van der Waals surface area contributed by atoms with Gasteiger partial charge in [0.2, 0.25) is 0 Å². The van der Waals surface area contributed by atoms with E-state index < -0.39 is 0 Å². The summed E-state index contributed by atoms with van der Waals surface area (Å²) in [6, 6.07) is 13.9. The van der Waals surface area contributed by atoms with Crippen molar-refractivity contribution in [2.75, 3.05) is 7.05 Å². The molecule has 0 saturated carbocycles. The maximum Gasteiger partial charge on any atom is 0.137 e. The van der Waals surface area contributed by atoms with Gasteiger partial charge in [0, 0.05) is 43.2 Å². The molecule has 0 amide bonds. The lowest BCUT2D eigenvalue weighted by molar-refractivity contribution is -0.125. The SMILES string of the molecule is Cc1cccnc1C1CC(=O)CC(c2cn3c(-c4ccncc4)cccc3n2)N1C. The molecule has 0 spiro atoms. The Hall–Kier alpha value is -3.38. The van der Waals surface area contributed by atoms with Crippen molar-refractivity contribution in [1.29, 1.82) is 0 Å². The van der Waals surface area contributed by atoms with E-state index in [0.29, 0.717) is 12.8 Å². The number of fused-ring (bicyclic) bond motifs is 1. The van der Waals surface area contributed by atoms with E-state index >= 15 is 0 Å². The Morgan fingerprint density at radius 3 is 2.57 bits per heavy atom. The van der Waals surface area contributed by atoms with Gasteiger partial charge >= 0.3 is 0 Å². The molecule has 1 aliphatic rings. The number of imidazole rings is 1. The minimum Gasteiger partial charge on any atom is -0.300 e. The van der Waals surface area contributed by atoms with Crippen LogP contribution >= 0.6 is 0 Å². The highest BCUT2D eigenvalue weighted by molar-refractivity contribution is 5.81. The van der Waals surface area contributed by atoms with E-state index in [4.69, 9.17) is 4.98 Å². The fourth-order valence-corrected chi connectivity index (χ4v) is 4.42. The van der Waals surface area contributed by atoms with Crippen LogP contribution in [0.5, 0.6) is 0 Å². The lowest BCUT2D eigenvalue weighted by atomic mass is 9.90. The Labute approximate surface area is 175 Å². The summed E-state index contributed by atoms with van der Waals surface area (Å²) in [4.78, 5) is 28.5. The summed E-state index contributed by atoms with van der Waals surface area (Å²) in [6.07, 6.45) is 8.40. The van der Waals surface area contributed by atoms with Crippen LogP contribution in [0.3, 0.4) is 0 Å². The number of hydrogen-bond donors (Lipinski definition) is 0. The Bertz CT molecular complexity index is 1220. The third kappa shape index (κ3) is 3.19. The van der Waals surface area contributed by atoms with E-state index in [1.54, 1.807) is 18.6 Å². The van der Waals surface area contributed by atoms with Crippen molar-refractivity contribution in [3.05, 3.63) is 84.2 Å². The molecule has 6 heteroatoms. The van der Waals surface area contributed by atoms with Crippen molar-refractivity contribution in [3.8, 4) is 11.3 Å². The number of hydrogen-bond acceptors (Lipinski definition) is 5. The molecule has 0 N–H and O–H groups in total. The third-order valence-electron chi connectivity index (χ3n) is 6.02. The van der Waals surface area contributed by atoms with Gasteiger partial charge in [0.15, 0.2) is 0 Å². The highest BCUT2D eigenvalue weighted by Crippen LogP contribution is 2.39. The number of likely N-dealkylation sites (tertiary alicyclic amines) is 1. The van der Waals surface area contributed by atoms with Gasteiger partial charge in [-0.1, -0.05) is 12.1 Å². The zero-order chi connectivity index (χ0) is 20.7. The maximum absolute atomic E-state index is 12.7. The standard InChI is InChI=1S/C24H23N5O/c1-16-5-4-10-26-24(16)22-14-18(30)13-21(28(22)2)19-15-29-20(6-3-7-23(29)27-19)17-8-11-25-12-9-17/h3-12,15,21-22H,13-14H2,1-2H3. The normalized spacial score (nSPS) is 20.0. The van der Waals surface area contributed by atoms with Gasteiger partial charge in [0.05, 0.1) is 29.2 Å². The molecular weight excluding hydrogens is 374 g/mol. The summed E-state index contributed by atoms with van der Waals surface area (Å²) in [5.41, 5.74) is 5.99. The van der Waals surface area contributed by atoms with Crippen LogP contribution < -0.4 is 0 Å². The number of nitrogens with zero attached hydrogens (tertiary/aromatic N) is 5. The van der Waals surface area contributed by atoms with Gasteiger partial charge in [-0.2, -0.15) is 0 Å². The zero-order valence-electron chi connectivity index (χ0n) is 17.1. The van der Waals surface area contributed by atoms with Crippen LogP contribution in [0.1, 0.15) is 41.9 Å². The molecule has 2 atom stereocenters. The molecule has 2 unspecified atom stereocenters. The van der Waals surface area contributed by atoms with Crippen molar-refractivity contribution >= 4 is 11.4 Å². The van der Waals surface area contributed by atoms with Crippen molar-refractivity contribution in [1.82, 2.24) is 24.3 Å². The van der Waals surface area contributed by atoms with Crippen molar-refractivity contribution in [3.63, 3.8) is 0 Å². The molecule has 1 fully saturated rings. The van der Waals surface area contributed by atoms with Crippen LogP contribution in [0.15, 0.2) is 67.3 Å². The first-order valence-electron chi connectivity index (χ1n) is 10.2. The van der Waals surface area contributed by atoms with Crippen LogP contribution in [0.4, 0.5) is 0 Å². The molecule has 1 saturated heterocycles. The van der Waals surface area contributed by atoms with E-state index in [1.807, 2.05) is 30.3 Å². The molecule has 0 radical (unpaired) electrons.